The van der Waals surface area contributed by atoms with E-state index < -0.39 is 10.0 Å². The SMILES string of the molecule is Cc1cnccc1NS(=O)(=O)CC1CCNCC1. The largest absolute Gasteiger partial charge is 0.317 e. The molecule has 2 rings (SSSR count). The van der Waals surface area contributed by atoms with E-state index in [9.17, 15) is 8.42 Å². The fourth-order valence-electron chi connectivity index (χ4n) is 2.16. The molecule has 1 aromatic rings. The van der Waals surface area contributed by atoms with Gasteiger partial charge in [-0.2, -0.15) is 0 Å². The monoisotopic (exact) mass is 269 g/mol. The van der Waals surface area contributed by atoms with Gasteiger partial charge in [0.2, 0.25) is 10.0 Å². The van der Waals surface area contributed by atoms with Gasteiger partial charge in [0.25, 0.3) is 0 Å². The van der Waals surface area contributed by atoms with Gasteiger partial charge in [0.1, 0.15) is 0 Å². The smallest absolute Gasteiger partial charge is 0.233 e. The van der Waals surface area contributed by atoms with Crippen LogP contribution in [-0.4, -0.2) is 32.2 Å². The maximum absolute atomic E-state index is 12.1. The van der Waals surface area contributed by atoms with Crippen LogP contribution in [0.15, 0.2) is 18.5 Å². The number of hydrogen-bond donors (Lipinski definition) is 2. The minimum Gasteiger partial charge on any atom is -0.317 e. The van der Waals surface area contributed by atoms with Crippen LogP contribution in [0.25, 0.3) is 0 Å². The standard InChI is InChI=1S/C12H19N3O2S/c1-10-8-14-7-4-12(10)15-18(16,17)9-11-2-5-13-6-3-11/h4,7-8,11,13H,2-3,5-6,9H2,1H3,(H,14,15). The molecule has 1 fully saturated rings. The molecule has 5 nitrogen and oxygen atoms in total. The Labute approximate surface area is 108 Å². The van der Waals surface area contributed by atoms with Crippen molar-refractivity contribution >= 4 is 15.7 Å². The van der Waals surface area contributed by atoms with E-state index in [0.717, 1.165) is 31.5 Å². The summed E-state index contributed by atoms with van der Waals surface area (Å²) in [5, 5.41) is 3.24. The first kappa shape index (κ1) is 13.3. The van der Waals surface area contributed by atoms with E-state index in [-0.39, 0.29) is 11.7 Å². The van der Waals surface area contributed by atoms with Gasteiger partial charge in [0, 0.05) is 12.4 Å². The van der Waals surface area contributed by atoms with Crippen LogP contribution in [0.5, 0.6) is 0 Å². The first-order chi connectivity index (χ1) is 8.57. The third-order valence-corrected chi connectivity index (χ3v) is 4.64. The zero-order valence-corrected chi connectivity index (χ0v) is 11.3. The normalized spacial score (nSPS) is 17.6. The van der Waals surface area contributed by atoms with E-state index in [1.165, 1.54) is 0 Å². The lowest BCUT2D eigenvalue weighted by Gasteiger charge is -2.22. The number of aromatic nitrogens is 1. The highest BCUT2D eigenvalue weighted by Gasteiger charge is 2.21. The number of anilines is 1. The van der Waals surface area contributed by atoms with Crippen LogP contribution in [-0.2, 0) is 10.0 Å². The number of piperidine rings is 1. The summed E-state index contributed by atoms with van der Waals surface area (Å²) in [6.45, 7) is 3.67. The Morgan fingerprint density at radius 1 is 1.44 bits per heavy atom. The van der Waals surface area contributed by atoms with Gasteiger partial charge in [-0.3, -0.25) is 9.71 Å². The fraction of sp³-hybridized carbons (Fsp3) is 0.583. The second kappa shape index (κ2) is 5.67. The number of rotatable bonds is 4. The molecule has 100 valence electrons. The Morgan fingerprint density at radius 2 is 2.17 bits per heavy atom. The van der Waals surface area contributed by atoms with Crippen LogP contribution in [0.3, 0.4) is 0 Å². The lowest BCUT2D eigenvalue weighted by molar-refractivity contribution is 0.402. The second-order valence-corrected chi connectivity index (χ2v) is 6.53. The molecule has 0 radical (unpaired) electrons. The Morgan fingerprint density at radius 3 is 2.83 bits per heavy atom. The number of sulfonamides is 1. The first-order valence-corrected chi connectivity index (χ1v) is 7.84. The molecule has 0 saturated carbocycles. The van der Waals surface area contributed by atoms with Gasteiger partial charge < -0.3 is 5.32 Å². The number of aryl methyl sites for hydroxylation is 1. The Balaban J connectivity index is 2.01. The summed E-state index contributed by atoms with van der Waals surface area (Å²) < 4.78 is 26.8. The van der Waals surface area contributed by atoms with Crippen LogP contribution in [0.2, 0.25) is 0 Å². The Kier molecular flexibility index (Phi) is 4.19. The molecule has 18 heavy (non-hydrogen) atoms. The predicted molar refractivity (Wildman–Crippen MR) is 72.0 cm³/mol. The van der Waals surface area contributed by atoms with Crippen molar-refractivity contribution in [2.24, 2.45) is 5.92 Å². The molecule has 0 unspecified atom stereocenters. The van der Waals surface area contributed by atoms with E-state index >= 15 is 0 Å². The molecule has 0 spiro atoms. The topological polar surface area (TPSA) is 71.1 Å². The molecule has 1 aliphatic rings. The second-order valence-electron chi connectivity index (χ2n) is 4.77. The van der Waals surface area contributed by atoms with E-state index in [4.69, 9.17) is 0 Å². The number of nitrogens with zero attached hydrogens (tertiary/aromatic N) is 1. The molecule has 0 atom stereocenters. The van der Waals surface area contributed by atoms with Gasteiger partial charge in [-0.15, -0.1) is 0 Å². The highest BCUT2D eigenvalue weighted by Crippen LogP contribution is 2.18. The van der Waals surface area contributed by atoms with Gasteiger partial charge in [-0.05, 0) is 50.4 Å². The van der Waals surface area contributed by atoms with Gasteiger partial charge in [0.05, 0.1) is 11.4 Å². The van der Waals surface area contributed by atoms with E-state index in [0.29, 0.717) is 5.69 Å². The van der Waals surface area contributed by atoms with Crippen LogP contribution in [0.4, 0.5) is 5.69 Å². The lowest BCUT2D eigenvalue weighted by atomic mass is 10.0. The quantitative estimate of drug-likeness (QED) is 0.859. The summed E-state index contributed by atoms with van der Waals surface area (Å²) in [6.07, 6.45) is 5.10. The summed E-state index contributed by atoms with van der Waals surface area (Å²) >= 11 is 0. The zero-order valence-electron chi connectivity index (χ0n) is 10.5. The third-order valence-electron chi connectivity index (χ3n) is 3.20. The number of pyridine rings is 1. The summed E-state index contributed by atoms with van der Waals surface area (Å²) in [6, 6.07) is 1.69. The van der Waals surface area contributed by atoms with Crippen LogP contribution in [0, 0.1) is 12.8 Å². The number of hydrogen-bond acceptors (Lipinski definition) is 4. The highest BCUT2D eigenvalue weighted by molar-refractivity contribution is 7.92. The van der Waals surface area contributed by atoms with Crippen molar-refractivity contribution in [1.82, 2.24) is 10.3 Å². The summed E-state index contributed by atoms with van der Waals surface area (Å²) in [5.41, 5.74) is 1.46. The molecule has 2 N–H and O–H groups in total. The molecule has 1 saturated heterocycles. The van der Waals surface area contributed by atoms with Gasteiger partial charge in [-0.25, -0.2) is 8.42 Å². The lowest BCUT2D eigenvalue weighted by Crippen LogP contribution is -2.33. The van der Waals surface area contributed by atoms with Gasteiger partial charge in [-0.1, -0.05) is 0 Å². The minimum atomic E-state index is -3.26. The van der Waals surface area contributed by atoms with Crippen molar-refractivity contribution in [2.45, 2.75) is 19.8 Å². The van der Waals surface area contributed by atoms with Crippen molar-refractivity contribution in [3.63, 3.8) is 0 Å². The van der Waals surface area contributed by atoms with Crippen molar-refractivity contribution in [3.05, 3.63) is 24.0 Å². The maximum atomic E-state index is 12.1. The molecule has 0 amide bonds. The van der Waals surface area contributed by atoms with E-state index in [2.05, 4.69) is 15.0 Å². The summed E-state index contributed by atoms with van der Waals surface area (Å²) in [7, 11) is -3.26. The van der Waals surface area contributed by atoms with Crippen molar-refractivity contribution in [1.29, 1.82) is 0 Å². The van der Waals surface area contributed by atoms with Crippen LogP contribution >= 0.6 is 0 Å². The molecular weight excluding hydrogens is 250 g/mol. The molecule has 1 aromatic heterocycles. The fourth-order valence-corrected chi connectivity index (χ4v) is 3.76. The molecule has 0 aliphatic carbocycles. The van der Waals surface area contributed by atoms with Crippen LogP contribution in [0.1, 0.15) is 18.4 Å². The average Bonchev–Trinajstić information content (AvgIpc) is 2.32. The molecule has 0 bridgehead atoms. The van der Waals surface area contributed by atoms with Crippen LogP contribution < -0.4 is 10.0 Å². The molecule has 0 aromatic carbocycles. The van der Waals surface area contributed by atoms with Gasteiger partial charge in [0.15, 0.2) is 0 Å². The van der Waals surface area contributed by atoms with Crippen molar-refractivity contribution in [3.8, 4) is 0 Å². The number of nitrogens with one attached hydrogen (secondary N) is 2. The molecule has 2 heterocycles. The average molecular weight is 269 g/mol. The molecule has 6 heteroatoms. The molecular formula is C12H19N3O2S. The minimum absolute atomic E-state index is 0.205. The Hall–Kier alpha value is -1.14. The van der Waals surface area contributed by atoms with E-state index in [1.807, 2.05) is 6.92 Å². The van der Waals surface area contributed by atoms with Gasteiger partial charge >= 0.3 is 0 Å². The summed E-state index contributed by atoms with van der Waals surface area (Å²) in [4.78, 5) is 3.95. The van der Waals surface area contributed by atoms with Crippen molar-refractivity contribution < 1.29 is 8.42 Å². The maximum Gasteiger partial charge on any atom is 0.233 e. The predicted octanol–water partition coefficient (Wildman–Crippen LogP) is 1.13. The molecule has 1 aliphatic heterocycles. The first-order valence-electron chi connectivity index (χ1n) is 6.19. The zero-order chi connectivity index (χ0) is 13.0. The summed E-state index contributed by atoms with van der Waals surface area (Å²) in [5.74, 6) is 0.460. The Bertz CT molecular complexity index is 496. The van der Waals surface area contributed by atoms with E-state index in [1.54, 1.807) is 18.5 Å². The third kappa shape index (κ3) is 3.68. The highest BCUT2D eigenvalue weighted by atomic mass is 32.2. The van der Waals surface area contributed by atoms with Crippen molar-refractivity contribution in [2.75, 3.05) is 23.6 Å².